The molecule has 1 aromatic rings. The number of thiazole rings is 1. The second kappa shape index (κ2) is 5.68. The molecule has 0 atom stereocenters. The molecule has 2 N–H and O–H groups in total. The van der Waals surface area contributed by atoms with Crippen molar-refractivity contribution in [1.29, 1.82) is 5.26 Å². The SMILES string of the molecule is CCCC(=O)NNc1nc(C(F)(F)F)c(C#N)s1. The van der Waals surface area contributed by atoms with Gasteiger partial charge in [-0.2, -0.15) is 18.4 Å². The Morgan fingerprint density at radius 3 is 2.67 bits per heavy atom. The van der Waals surface area contributed by atoms with E-state index in [2.05, 4.69) is 15.8 Å². The molecule has 0 fully saturated rings. The Morgan fingerprint density at radius 1 is 1.56 bits per heavy atom. The summed E-state index contributed by atoms with van der Waals surface area (Å²) in [4.78, 5) is 13.8. The number of hydrogen-bond donors (Lipinski definition) is 2. The van der Waals surface area contributed by atoms with Gasteiger partial charge >= 0.3 is 6.18 Å². The van der Waals surface area contributed by atoms with Crippen molar-refractivity contribution in [1.82, 2.24) is 10.4 Å². The van der Waals surface area contributed by atoms with E-state index in [-0.39, 0.29) is 17.5 Å². The first-order valence-corrected chi connectivity index (χ1v) is 5.73. The minimum absolute atomic E-state index is 0.177. The van der Waals surface area contributed by atoms with E-state index in [1.807, 2.05) is 0 Å². The van der Waals surface area contributed by atoms with Gasteiger partial charge in [0.1, 0.15) is 10.9 Å². The van der Waals surface area contributed by atoms with Crippen molar-refractivity contribution in [3.05, 3.63) is 10.6 Å². The topological polar surface area (TPSA) is 77.8 Å². The number of rotatable bonds is 4. The number of nitrogens with zero attached hydrogens (tertiary/aromatic N) is 2. The Bertz CT molecular complexity index is 477. The van der Waals surface area contributed by atoms with Crippen LogP contribution in [-0.4, -0.2) is 10.9 Å². The number of nitriles is 1. The van der Waals surface area contributed by atoms with Gasteiger partial charge < -0.3 is 0 Å². The smallest absolute Gasteiger partial charge is 0.273 e. The summed E-state index contributed by atoms with van der Waals surface area (Å²) in [5.41, 5.74) is 3.20. The monoisotopic (exact) mass is 278 g/mol. The van der Waals surface area contributed by atoms with Gasteiger partial charge in [0.2, 0.25) is 11.0 Å². The van der Waals surface area contributed by atoms with Crippen molar-refractivity contribution in [3.63, 3.8) is 0 Å². The zero-order valence-electron chi connectivity index (χ0n) is 9.26. The summed E-state index contributed by atoms with van der Waals surface area (Å²) in [5, 5.41) is 8.38. The van der Waals surface area contributed by atoms with Crippen molar-refractivity contribution in [2.75, 3.05) is 5.43 Å². The van der Waals surface area contributed by atoms with Crippen LogP contribution >= 0.6 is 11.3 Å². The average Bonchev–Trinajstić information content (AvgIpc) is 2.70. The standard InChI is InChI=1S/C9H9F3N4OS/c1-2-3-6(17)15-16-8-14-7(9(10,11)12)5(4-13)18-8/h2-3H2,1H3,(H,14,16)(H,15,17). The summed E-state index contributed by atoms with van der Waals surface area (Å²) in [6.07, 6.45) is -3.83. The number of anilines is 1. The lowest BCUT2D eigenvalue weighted by Crippen LogP contribution is -2.28. The van der Waals surface area contributed by atoms with Crippen LogP contribution in [0.15, 0.2) is 0 Å². The summed E-state index contributed by atoms with van der Waals surface area (Å²) >= 11 is 0.528. The maximum atomic E-state index is 12.4. The third-order valence-electron chi connectivity index (χ3n) is 1.78. The van der Waals surface area contributed by atoms with E-state index in [4.69, 9.17) is 5.26 Å². The minimum Gasteiger partial charge on any atom is -0.273 e. The van der Waals surface area contributed by atoms with Crippen molar-refractivity contribution >= 4 is 22.4 Å². The van der Waals surface area contributed by atoms with Gasteiger partial charge in [-0.15, -0.1) is 0 Å². The normalized spacial score (nSPS) is 10.8. The quantitative estimate of drug-likeness (QED) is 0.828. The zero-order chi connectivity index (χ0) is 13.8. The molecule has 0 radical (unpaired) electrons. The molecule has 18 heavy (non-hydrogen) atoms. The van der Waals surface area contributed by atoms with Gasteiger partial charge in [0, 0.05) is 6.42 Å². The molecule has 1 heterocycles. The van der Waals surface area contributed by atoms with Gasteiger partial charge in [0.25, 0.3) is 0 Å². The van der Waals surface area contributed by atoms with E-state index < -0.39 is 16.7 Å². The maximum absolute atomic E-state index is 12.4. The summed E-state index contributed by atoms with van der Waals surface area (Å²) in [6.45, 7) is 1.79. The molecule has 0 aliphatic heterocycles. The maximum Gasteiger partial charge on any atom is 0.435 e. The Morgan fingerprint density at radius 2 is 2.22 bits per heavy atom. The van der Waals surface area contributed by atoms with E-state index >= 15 is 0 Å². The lowest BCUT2D eigenvalue weighted by atomic mass is 10.3. The largest absolute Gasteiger partial charge is 0.435 e. The number of aromatic nitrogens is 1. The molecule has 0 spiro atoms. The molecule has 98 valence electrons. The van der Waals surface area contributed by atoms with Crippen LogP contribution in [0.4, 0.5) is 18.3 Å². The minimum atomic E-state index is -4.69. The number of hydrogen-bond acceptors (Lipinski definition) is 5. The van der Waals surface area contributed by atoms with Crippen molar-refractivity contribution in [2.45, 2.75) is 25.9 Å². The lowest BCUT2D eigenvalue weighted by Gasteiger charge is -2.04. The van der Waals surface area contributed by atoms with Gasteiger partial charge in [-0.25, -0.2) is 4.98 Å². The van der Waals surface area contributed by atoms with Gasteiger partial charge in [-0.05, 0) is 6.42 Å². The van der Waals surface area contributed by atoms with Crippen molar-refractivity contribution in [3.8, 4) is 6.07 Å². The molecule has 0 saturated carbocycles. The second-order valence-corrected chi connectivity index (χ2v) is 4.23. The second-order valence-electron chi connectivity index (χ2n) is 3.23. The fourth-order valence-electron chi connectivity index (χ4n) is 1.05. The lowest BCUT2D eigenvalue weighted by molar-refractivity contribution is -0.140. The van der Waals surface area contributed by atoms with Crippen molar-refractivity contribution < 1.29 is 18.0 Å². The average molecular weight is 278 g/mol. The highest BCUT2D eigenvalue weighted by atomic mass is 32.1. The van der Waals surface area contributed by atoms with Crippen LogP contribution in [0.5, 0.6) is 0 Å². The molecule has 0 saturated heterocycles. The number of nitrogens with one attached hydrogen (secondary N) is 2. The number of carbonyl (C=O) groups is 1. The molecular formula is C9H9F3N4OS. The predicted octanol–water partition coefficient (Wildman–Crippen LogP) is 2.28. The molecule has 5 nitrogen and oxygen atoms in total. The molecule has 0 bridgehead atoms. The predicted molar refractivity (Wildman–Crippen MR) is 58.5 cm³/mol. The van der Waals surface area contributed by atoms with Crippen LogP contribution in [-0.2, 0) is 11.0 Å². The molecule has 9 heteroatoms. The van der Waals surface area contributed by atoms with Crippen LogP contribution in [0.3, 0.4) is 0 Å². The number of carbonyl (C=O) groups excluding carboxylic acids is 1. The van der Waals surface area contributed by atoms with E-state index in [9.17, 15) is 18.0 Å². The highest BCUT2D eigenvalue weighted by molar-refractivity contribution is 7.16. The number of halogens is 3. The molecular weight excluding hydrogens is 269 g/mol. The Balaban J connectivity index is 2.78. The Hall–Kier alpha value is -1.82. The van der Waals surface area contributed by atoms with E-state index in [1.165, 1.54) is 6.07 Å². The van der Waals surface area contributed by atoms with Crippen molar-refractivity contribution in [2.24, 2.45) is 0 Å². The first kappa shape index (κ1) is 14.2. The fourth-order valence-corrected chi connectivity index (χ4v) is 1.79. The van der Waals surface area contributed by atoms with Crippen LogP contribution in [0, 0.1) is 11.3 Å². The molecule has 1 rings (SSSR count). The van der Waals surface area contributed by atoms with Gasteiger partial charge in [0.15, 0.2) is 5.69 Å². The molecule has 0 aromatic carbocycles. The van der Waals surface area contributed by atoms with E-state index in [0.29, 0.717) is 17.8 Å². The van der Waals surface area contributed by atoms with Crippen LogP contribution in [0.25, 0.3) is 0 Å². The van der Waals surface area contributed by atoms with Gasteiger partial charge in [0.05, 0.1) is 0 Å². The summed E-state index contributed by atoms with van der Waals surface area (Å²) in [5.74, 6) is -0.361. The molecule has 1 aromatic heterocycles. The summed E-state index contributed by atoms with van der Waals surface area (Å²) in [7, 11) is 0. The fraction of sp³-hybridized carbons (Fsp3) is 0.444. The van der Waals surface area contributed by atoms with Gasteiger partial charge in [-0.1, -0.05) is 18.3 Å². The third-order valence-corrected chi connectivity index (χ3v) is 2.66. The highest BCUT2D eigenvalue weighted by Crippen LogP contribution is 2.35. The van der Waals surface area contributed by atoms with Crippen LogP contribution in [0.2, 0.25) is 0 Å². The summed E-state index contributed by atoms with van der Waals surface area (Å²) < 4.78 is 37.3. The molecule has 0 aliphatic carbocycles. The number of alkyl halides is 3. The molecule has 1 amide bonds. The van der Waals surface area contributed by atoms with Gasteiger partial charge in [-0.3, -0.25) is 15.6 Å². The number of hydrazine groups is 1. The first-order chi connectivity index (χ1) is 8.38. The number of amides is 1. The van der Waals surface area contributed by atoms with E-state index in [1.54, 1.807) is 6.92 Å². The molecule has 0 aliphatic rings. The highest BCUT2D eigenvalue weighted by Gasteiger charge is 2.37. The Kier molecular flexibility index (Phi) is 4.49. The zero-order valence-corrected chi connectivity index (χ0v) is 10.1. The summed E-state index contributed by atoms with van der Waals surface area (Å²) in [6, 6.07) is 1.42. The van der Waals surface area contributed by atoms with Crippen LogP contribution in [0.1, 0.15) is 30.3 Å². The Labute approximate surface area is 105 Å². The van der Waals surface area contributed by atoms with Crippen LogP contribution < -0.4 is 10.9 Å². The van der Waals surface area contributed by atoms with E-state index in [0.717, 1.165) is 0 Å². The first-order valence-electron chi connectivity index (χ1n) is 4.91. The molecule has 0 unspecified atom stereocenters. The third kappa shape index (κ3) is 3.59.